The molecule has 6 heteroatoms. The molecule has 2 saturated heterocycles. The number of fused-ring (bicyclic) bond motifs is 2. The molecular weight excluding hydrogens is 242 g/mol. The molecule has 0 saturated carbocycles. The molecule has 2 heterocycles. The Hall–Kier alpha value is -0.620. The van der Waals surface area contributed by atoms with E-state index in [1.54, 1.807) is 4.31 Å². The number of ether oxygens (including phenoxy) is 1. The maximum Gasteiger partial charge on any atom is 0.310 e. The van der Waals surface area contributed by atoms with Crippen molar-refractivity contribution in [2.45, 2.75) is 44.2 Å². The van der Waals surface area contributed by atoms with Gasteiger partial charge in [0.25, 0.3) is 0 Å². The summed E-state index contributed by atoms with van der Waals surface area (Å²) in [5, 5.41) is 0. The molecule has 98 valence electrons. The van der Waals surface area contributed by atoms with Crippen molar-refractivity contribution in [2.75, 3.05) is 13.4 Å². The van der Waals surface area contributed by atoms with Crippen LogP contribution in [0.15, 0.2) is 0 Å². The number of nitrogens with zero attached hydrogens (tertiary/aromatic N) is 1. The topological polar surface area (TPSA) is 63.7 Å². The largest absolute Gasteiger partial charge is 0.469 e. The fraction of sp³-hybridized carbons (Fsp3) is 0.909. The van der Waals surface area contributed by atoms with Crippen molar-refractivity contribution in [1.82, 2.24) is 4.31 Å². The SMILES string of the molecule is COC(=O)[C@H]1CCC[C@H]2CC[C@@H]1N2S(C)(=O)=O. The predicted octanol–water partition coefficient (Wildman–Crippen LogP) is 0.752. The van der Waals surface area contributed by atoms with Gasteiger partial charge in [0.15, 0.2) is 0 Å². The lowest BCUT2D eigenvalue weighted by atomic mass is 9.91. The van der Waals surface area contributed by atoms with Crippen LogP contribution in [0, 0.1) is 5.92 Å². The van der Waals surface area contributed by atoms with Crippen LogP contribution in [0.25, 0.3) is 0 Å². The first-order valence-corrected chi connectivity index (χ1v) is 7.86. The zero-order valence-electron chi connectivity index (χ0n) is 10.3. The van der Waals surface area contributed by atoms with Gasteiger partial charge in [-0.15, -0.1) is 0 Å². The molecule has 0 aliphatic carbocycles. The van der Waals surface area contributed by atoms with Gasteiger partial charge in [-0.3, -0.25) is 4.79 Å². The van der Waals surface area contributed by atoms with Crippen LogP contribution < -0.4 is 0 Å². The second kappa shape index (κ2) is 4.57. The first-order chi connectivity index (χ1) is 7.95. The summed E-state index contributed by atoms with van der Waals surface area (Å²) in [5.41, 5.74) is 0. The maximum atomic E-state index is 11.8. The van der Waals surface area contributed by atoms with Crippen LogP contribution >= 0.6 is 0 Å². The smallest absolute Gasteiger partial charge is 0.310 e. The van der Waals surface area contributed by atoms with E-state index in [0.717, 1.165) is 32.1 Å². The Morgan fingerprint density at radius 2 is 1.94 bits per heavy atom. The second-order valence-electron chi connectivity index (χ2n) is 4.95. The third-order valence-corrected chi connectivity index (χ3v) is 5.22. The zero-order chi connectivity index (χ0) is 12.6. The monoisotopic (exact) mass is 261 g/mol. The van der Waals surface area contributed by atoms with Crippen molar-refractivity contribution in [3.05, 3.63) is 0 Å². The number of sulfonamides is 1. The van der Waals surface area contributed by atoms with Crippen molar-refractivity contribution < 1.29 is 17.9 Å². The average Bonchev–Trinajstić information content (AvgIpc) is 2.54. The van der Waals surface area contributed by atoms with Gasteiger partial charge in [-0.05, 0) is 25.7 Å². The van der Waals surface area contributed by atoms with E-state index < -0.39 is 10.0 Å². The molecule has 2 rings (SSSR count). The maximum absolute atomic E-state index is 11.8. The van der Waals surface area contributed by atoms with Gasteiger partial charge < -0.3 is 4.74 Å². The lowest BCUT2D eigenvalue weighted by molar-refractivity contribution is -0.147. The Morgan fingerprint density at radius 1 is 1.24 bits per heavy atom. The molecule has 2 aliphatic rings. The minimum Gasteiger partial charge on any atom is -0.469 e. The molecule has 5 nitrogen and oxygen atoms in total. The highest BCUT2D eigenvalue weighted by molar-refractivity contribution is 7.88. The van der Waals surface area contributed by atoms with Crippen molar-refractivity contribution >= 4 is 16.0 Å². The number of carbonyl (C=O) groups is 1. The van der Waals surface area contributed by atoms with Crippen LogP contribution in [0.1, 0.15) is 32.1 Å². The first-order valence-electron chi connectivity index (χ1n) is 6.01. The van der Waals surface area contributed by atoms with Crippen LogP contribution in [0.4, 0.5) is 0 Å². The van der Waals surface area contributed by atoms with Gasteiger partial charge in [-0.2, -0.15) is 4.31 Å². The zero-order valence-corrected chi connectivity index (χ0v) is 11.1. The molecule has 0 N–H and O–H groups in total. The van der Waals surface area contributed by atoms with Crippen LogP contribution in [-0.4, -0.2) is 44.1 Å². The van der Waals surface area contributed by atoms with Gasteiger partial charge in [0.05, 0.1) is 19.3 Å². The number of hydrogen-bond donors (Lipinski definition) is 0. The standard InChI is InChI=1S/C11H19NO4S/c1-16-11(13)9-5-3-4-8-6-7-10(9)12(8)17(2,14)15/h8-10H,3-7H2,1-2H3/t8-,9-,10-/m0/s1. The van der Waals surface area contributed by atoms with E-state index in [0.29, 0.717) is 0 Å². The number of hydrogen-bond acceptors (Lipinski definition) is 4. The third kappa shape index (κ3) is 2.33. The molecule has 0 unspecified atom stereocenters. The molecule has 0 radical (unpaired) electrons. The average molecular weight is 261 g/mol. The van der Waals surface area contributed by atoms with E-state index in [-0.39, 0.29) is 24.0 Å². The molecule has 0 aromatic carbocycles. The second-order valence-corrected chi connectivity index (χ2v) is 6.84. The van der Waals surface area contributed by atoms with Crippen molar-refractivity contribution in [2.24, 2.45) is 5.92 Å². The Morgan fingerprint density at radius 3 is 2.53 bits per heavy atom. The predicted molar refractivity (Wildman–Crippen MR) is 62.8 cm³/mol. The van der Waals surface area contributed by atoms with E-state index in [2.05, 4.69) is 0 Å². The molecule has 17 heavy (non-hydrogen) atoms. The van der Waals surface area contributed by atoms with E-state index in [9.17, 15) is 13.2 Å². The van der Waals surface area contributed by atoms with E-state index >= 15 is 0 Å². The number of esters is 1. The Labute approximate surface area is 102 Å². The highest BCUT2D eigenvalue weighted by atomic mass is 32.2. The highest BCUT2D eigenvalue weighted by Crippen LogP contribution is 2.39. The number of rotatable bonds is 2. The summed E-state index contributed by atoms with van der Waals surface area (Å²) >= 11 is 0. The van der Waals surface area contributed by atoms with Crippen LogP contribution in [0.2, 0.25) is 0 Å². The van der Waals surface area contributed by atoms with Crippen molar-refractivity contribution in [3.8, 4) is 0 Å². The molecule has 0 amide bonds. The molecule has 3 atom stereocenters. The normalized spacial score (nSPS) is 34.4. The summed E-state index contributed by atoms with van der Waals surface area (Å²) in [5.74, 6) is -0.562. The fourth-order valence-electron chi connectivity index (χ4n) is 3.25. The Kier molecular flexibility index (Phi) is 3.45. The summed E-state index contributed by atoms with van der Waals surface area (Å²) in [7, 11) is -1.87. The molecule has 0 aromatic heterocycles. The highest BCUT2D eigenvalue weighted by Gasteiger charge is 2.47. The van der Waals surface area contributed by atoms with Gasteiger partial charge >= 0.3 is 5.97 Å². The van der Waals surface area contributed by atoms with Crippen LogP contribution in [0.5, 0.6) is 0 Å². The van der Waals surface area contributed by atoms with Gasteiger partial charge in [0, 0.05) is 12.1 Å². The molecule has 0 spiro atoms. The fourth-order valence-corrected chi connectivity index (χ4v) is 4.74. The Balaban J connectivity index is 2.31. The van der Waals surface area contributed by atoms with Gasteiger partial charge in [-0.1, -0.05) is 6.42 Å². The number of methoxy groups -OCH3 is 1. The van der Waals surface area contributed by atoms with E-state index in [1.807, 2.05) is 0 Å². The first kappa shape index (κ1) is 12.8. The summed E-state index contributed by atoms with van der Waals surface area (Å²) in [6.45, 7) is 0. The van der Waals surface area contributed by atoms with E-state index in [4.69, 9.17) is 4.74 Å². The van der Waals surface area contributed by atoms with Crippen LogP contribution in [-0.2, 0) is 19.6 Å². The molecule has 2 fully saturated rings. The van der Waals surface area contributed by atoms with Gasteiger partial charge in [0.2, 0.25) is 10.0 Å². The summed E-state index contributed by atoms with van der Waals surface area (Å²) in [4.78, 5) is 11.7. The molecular formula is C11H19NO4S. The molecule has 0 aromatic rings. The lowest BCUT2D eigenvalue weighted by Crippen LogP contribution is -2.44. The van der Waals surface area contributed by atoms with Crippen LogP contribution in [0.3, 0.4) is 0 Å². The molecule has 2 bridgehead atoms. The Bertz CT molecular complexity index is 406. The van der Waals surface area contributed by atoms with Crippen molar-refractivity contribution in [1.29, 1.82) is 0 Å². The van der Waals surface area contributed by atoms with Crippen molar-refractivity contribution in [3.63, 3.8) is 0 Å². The van der Waals surface area contributed by atoms with Gasteiger partial charge in [0.1, 0.15) is 0 Å². The summed E-state index contributed by atoms with van der Waals surface area (Å²) in [6.07, 6.45) is 5.37. The third-order valence-electron chi connectivity index (χ3n) is 3.89. The quantitative estimate of drug-likeness (QED) is 0.688. The number of carbonyl (C=O) groups excluding carboxylic acids is 1. The minimum absolute atomic E-state index is 0.0876. The summed E-state index contributed by atoms with van der Waals surface area (Å²) < 4.78 is 30.0. The lowest BCUT2D eigenvalue weighted by Gasteiger charge is -2.28. The van der Waals surface area contributed by atoms with Gasteiger partial charge in [-0.25, -0.2) is 8.42 Å². The minimum atomic E-state index is -3.23. The summed E-state index contributed by atoms with van der Waals surface area (Å²) in [6, 6.07) is -0.102. The molecule has 2 aliphatic heterocycles. The van der Waals surface area contributed by atoms with E-state index in [1.165, 1.54) is 13.4 Å².